The van der Waals surface area contributed by atoms with E-state index in [1.54, 1.807) is 24.3 Å². The number of esters is 1. The average molecular weight is 797 g/mol. The van der Waals surface area contributed by atoms with Gasteiger partial charge in [-0.25, -0.2) is 9.48 Å². The van der Waals surface area contributed by atoms with Gasteiger partial charge in [-0.2, -0.15) is 5.10 Å². The minimum atomic E-state index is -1.79. The largest absolute Gasteiger partial charge is 0.506 e. The van der Waals surface area contributed by atoms with Gasteiger partial charge >= 0.3 is 5.97 Å². The molecule has 16 heteroatoms. The van der Waals surface area contributed by atoms with Gasteiger partial charge in [0.05, 0.1) is 33.1 Å². The third-order valence-electron chi connectivity index (χ3n) is 11.0. The van der Waals surface area contributed by atoms with Crippen molar-refractivity contribution in [1.82, 2.24) is 40.0 Å². The standard InChI is InChI=1S/C40H44N8O6S2/c1-46(25-8-10-26(11-9-25)54-39(52)40(53,33-6-3-18-55-33)34-7-4-19-56-34)16-5-17-48-38-30(44-45-48)20-24(29-22-42-47(2)37(29)38)21-41-23-32(50)27-12-14-31(49)36-28(27)13-15-35(51)43-36/h3-4,6-7,12-15,18-20,22,25-26,32,41,49-50,53H,5,8-11,16-17,21,23H2,1-2H3,(H,43,51)/t25-,26-,32-/m0/s1. The number of H-pyrrole nitrogens is 1. The zero-order valence-corrected chi connectivity index (χ0v) is 32.7. The molecule has 56 heavy (non-hydrogen) atoms. The van der Waals surface area contributed by atoms with E-state index in [1.165, 1.54) is 34.8 Å². The number of hydrogen-bond acceptors (Lipinski definition) is 13. The number of carbonyl (C=O) groups excluding carboxylic acids is 1. The first kappa shape index (κ1) is 37.9. The Kier molecular flexibility index (Phi) is 10.8. The maximum Gasteiger partial charge on any atom is 0.349 e. The number of aliphatic hydroxyl groups excluding tert-OH is 1. The summed E-state index contributed by atoms with van der Waals surface area (Å²) >= 11 is 2.69. The van der Waals surface area contributed by atoms with E-state index in [1.807, 2.05) is 51.6 Å². The molecule has 0 unspecified atom stereocenters. The van der Waals surface area contributed by atoms with Gasteiger partial charge in [0.2, 0.25) is 11.2 Å². The van der Waals surface area contributed by atoms with Crippen LogP contribution >= 0.6 is 22.7 Å². The molecule has 292 valence electrons. The number of nitrogens with zero attached hydrogens (tertiary/aromatic N) is 6. The molecule has 1 atom stereocenters. The maximum absolute atomic E-state index is 13.5. The van der Waals surface area contributed by atoms with Crippen LogP contribution in [0.15, 0.2) is 76.3 Å². The highest BCUT2D eigenvalue weighted by Gasteiger charge is 2.45. The molecule has 1 aliphatic carbocycles. The molecule has 0 amide bonds. The van der Waals surface area contributed by atoms with Gasteiger partial charge in [-0.1, -0.05) is 23.4 Å². The molecule has 0 spiro atoms. The van der Waals surface area contributed by atoms with Crippen molar-refractivity contribution in [1.29, 1.82) is 0 Å². The molecule has 1 aliphatic rings. The summed E-state index contributed by atoms with van der Waals surface area (Å²) in [6.07, 6.45) is 4.85. The number of aliphatic hydroxyl groups is 2. The van der Waals surface area contributed by atoms with Gasteiger partial charge in [-0.05, 0) is 97.9 Å². The number of nitrogens with one attached hydrogen (secondary N) is 2. The Morgan fingerprint density at radius 3 is 2.54 bits per heavy atom. The summed E-state index contributed by atoms with van der Waals surface area (Å²) < 4.78 is 9.77. The van der Waals surface area contributed by atoms with E-state index in [-0.39, 0.29) is 24.0 Å². The smallest absolute Gasteiger partial charge is 0.349 e. The molecule has 0 bridgehead atoms. The van der Waals surface area contributed by atoms with E-state index < -0.39 is 17.7 Å². The summed E-state index contributed by atoms with van der Waals surface area (Å²) in [5.74, 6) is -0.659. The Balaban J connectivity index is 0.863. The van der Waals surface area contributed by atoms with Crippen molar-refractivity contribution in [2.24, 2.45) is 7.05 Å². The lowest BCUT2D eigenvalue weighted by atomic mass is 9.91. The molecule has 2 aromatic carbocycles. The number of ether oxygens (including phenoxy) is 1. The van der Waals surface area contributed by atoms with Crippen LogP contribution in [-0.4, -0.2) is 88.2 Å². The Bertz CT molecular complexity index is 2490. The fraction of sp³-hybridized carbons (Fsp3) is 0.375. The predicted octanol–water partition coefficient (Wildman–Crippen LogP) is 4.92. The number of aromatic hydroxyl groups is 1. The van der Waals surface area contributed by atoms with Crippen molar-refractivity contribution in [2.75, 3.05) is 20.1 Å². The van der Waals surface area contributed by atoms with Gasteiger partial charge < -0.3 is 35.3 Å². The minimum absolute atomic E-state index is 0.0517. The minimum Gasteiger partial charge on any atom is -0.506 e. The maximum atomic E-state index is 13.5. The van der Waals surface area contributed by atoms with Gasteiger partial charge in [-0.15, -0.1) is 27.8 Å². The zero-order valence-electron chi connectivity index (χ0n) is 31.1. The number of benzene rings is 2. The topological polar surface area (TPSA) is 184 Å². The van der Waals surface area contributed by atoms with Crippen LogP contribution in [0, 0.1) is 0 Å². The third kappa shape index (κ3) is 7.24. The highest BCUT2D eigenvalue weighted by Crippen LogP contribution is 2.38. The molecule has 1 saturated carbocycles. The van der Waals surface area contributed by atoms with Crippen LogP contribution in [0.25, 0.3) is 32.8 Å². The van der Waals surface area contributed by atoms with E-state index >= 15 is 0 Å². The number of aromatic nitrogens is 6. The van der Waals surface area contributed by atoms with E-state index in [4.69, 9.17) is 4.74 Å². The first-order valence-corrected chi connectivity index (χ1v) is 20.5. The summed E-state index contributed by atoms with van der Waals surface area (Å²) in [6.45, 7) is 2.22. The number of phenolic OH excluding ortho intramolecular Hbond substituents is 1. The highest BCUT2D eigenvalue weighted by atomic mass is 32.1. The van der Waals surface area contributed by atoms with Crippen molar-refractivity contribution >= 4 is 61.5 Å². The van der Waals surface area contributed by atoms with Crippen molar-refractivity contribution in [3.05, 3.63) is 103 Å². The first-order valence-electron chi connectivity index (χ1n) is 18.7. The Morgan fingerprint density at radius 2 is 1.82 bits per heavy atom. The number of pyridine rings is 1. The lowest BCUT2D eigenvalue weighted by Gasteiger charge is -2.35. The molecule has 8 rings (SSSR count). The molecule has 5 heterocycles. The number of carbonyl (C=O) groups is 1. The van der Waals surface area contributed by atoms with Crippen LogP contribution in [0.5, 0.6) is 5.75 Å². The molecule has 14 nitrogen and oxygen atoms in total. The second-order valence-electron chi connectivity index (χ2n) is 14.5. The number of hydrogen-bond donors (Lipinski definition) is 5. The van der Waals surface area contributed by atoms with E-state index in [0.29, 0.717) is 45.4 Å². The van der Waals surface area contributed by atoms with Gasteiger partial charge in [0.1, 0.15) is 22.9 Å². The van der Waals surface area contributed by atoms with Crippen molar-refractivity contribution in [3.8, 4) is 5.75 Å². The fourth-order valence-corrected chi connectivity index (χ4v) is 9.67. The summed E-state index contributed by atoms with van der Waals surface area (Å²) in [7, 11) is 4.05. The van der Waals surface area contributed by atoms with Gasteiger partial charge in [0.25, 0.3) is 0 Å². The van der Waals surface area contributed by atoms with Crippen LogP contribution in [-0.2, 0) is 35.3 Å². The molecule has 5 N–H and O–H groups in total. The van der Waals surface area contributed by atoms with Crippen LogP contribution in [0.4, 0.5) is 0 Å². The number of phenols is 1. The van der Waals surface area contributed by atoms with E-state index in [0.717, 1.165) is 66.1 Å². The molecular weight excluding hydrogens is 753 g/mol. The summed E-state index contributed by atoms with van der Waals surface area (Å²) in [5, 5.41) is 55.2. The van der Waals surface area contributed by atoms with Gasteiger partial charge in [-0.3, -0.25) is 9.48 Å². The molecule has 1 fully saturated rings. The second kappa shape index (κ2) is 15.9. The van der Waals surface area contributed by atoms with E-state index in [9.17, 15) is 24.9 Å². The zero-order chi connectivity index (χ0) is 39.0. The number of aromatic amines is 1. The number of thiophene rings is 2. The van der Waals surface area contributed by atoms with Gasteiger partial charge in [0.15, 0.2) is 0 Å². The number of aryl methyl sites for hydroxylation is 2. The van der Waals surface area contributed by atoms with E-state index in [2.05, 4.69) is 37.7 Å². The molecule has 0 radical (unpaired) electrons. The van der Waals surface area contributed by atoms with Crippen LogP contribution in [0.2, 0.25) is 0 Å². The number of fused-ring (bicyclic) bond motifs is 4. The SMILES string of the molecule is Cn1ncc2c(CNC[C@H](O)c3ccc(O)c4[nH]c(=O)ccc34)cc3nnn(CCCN(C)[C@H]4CC[C@H](OC(=O)C(O)(c5cccs5)c5cccs5)CC4)c3c21. The summed E-state index contributed by atoms with van der Waals surface area (Å²) in [5.41, 5.74) is 2.37. The molecule has 7 aromatic rings. The molecule has 0 saturated heterocycles. The molecule has 5 aromatic heterocycles. The average Bonchev–Trinajstić information content (AvgIpc) is 4.04. The number of rotatable bonds is 14. The van der Waals surface area contributed by atoms with Gasteiger partial charge in [0, 0.05) is 49.6 Å². The predicted molar refractivity (Wildman–Crippen MR) is 216 cm³/mol. The monoisotopic (exact) mass is 796 g/mol. The molecular formula is C40H44N8O6S2. The quantitative estimate of drug-likeness (QED) is 0.0942. The summed E-state index contributed by atoms with van der Waals surface area (Å²) in [6, 6.07) is 15.7. The highest BCUT2D eigenvalue weighted by molar-refractivity contribution is 7.12. The fourth-order valence-electron chi connectivity index (χ4n) is 7.95. The van der Waals surface area contributed by atoms with Crippen LogP contribution < -0.4 is 10.9 Å². The van der Waals surface area contributed by atoms with Crippen LogP contribution in [0.1, 0.15) is 59.1 Å². The Labute approximate surface area is 330 Å². The lowest BCUT2D eigenvalue weighted by Crippen LogP contribution is -2.42. The lowest BCUT2D eigenvalue weighted by molar-refractivity contribution is -0.169. The second-order valence-corrected chi connectivity index (χ2v) is 16.4. The van der Waals surface area contributed by atoms with Crippen LogP contribution in [0.3, 0.4) is 0 Å². The summed E-state index contributed by atoms with van der Waals surface area (Å²) in [4.78, 5) is 31.4. The normalized spacial score (nSPS) is 17.0. The Hall–Kier alpha value is -4.97. The van der Waals surface area contributed by atoms with Crippen molar-refractivity contribution < 1.29 is 24.9 Å². The third-order valence-corrected chi connectivity index (χ3v) is 12.9. The van der Waals surface area contributed by atoms with Crippen molar-refractivity contribution in [2.45, 2.75) is 69.0 Å². The first-order chi connectivity index (χ1) is 27.1. The Morgan fingerprint density at radius 1 is 1.07 bits per heavy atom. The molecule has 0 aliphatic heterocycles. The van der Waals surface area contributed by atoms with Crippen molar-refractivity contribution in [3.63, 3.8) is 0 Å².